The van der Waals surface area contributed by atoms with E-state index in [1.54, 1.807) is 0 Å². The van der Waals surface area contributed by atoms with Crippen molar-refractivity contribution in [1.82, 2.24) is 10.2 Å². The Labute approximate surface area is 136 Å². The van der Waals surface area contributed by atoms with Crippen LogP contribution in [-0.4, -0.2) is 53.4 Å². The Kier molecular flexibility index (Phi) is 5.52. The topological polar surface area (TPSA) is 55.7 Å². The van der Waals surface area contributed by atoms with Crippen molar-refractivity contribution in [3.63, 3.8) is 0 Å². The summed E-state index contributed by atoms with van der Waals surface area (Å²) in [7, 11) is 0. The van der Waals surface area contributed by atoms with Crippen molar-refractivity contribution >= 4 is 24.0 Å². The number of hydrogen-bond donors (Lipinski definition) is 3. The Balaban J connectivity index is 0.00000161. The molecule has 0 unspecified atom stereocenters. The molecule has 0 spiro atoms. The number of benzene rings is 1. The van der Waals surface area contributed by atoms with Crippen molar-refractivity contribution in [2.24, 2.45) is 0 Å². The zero-order valence-corrected chi connectivity index (χ0v) is 13.4. The first-order chi connectivity index (χ1) is 9.58. The fraction of sp³-hybridized carbons (Fsp3) is 0.600. The van der Waals surface area contributed by atoms with Crippen LogP contribution in [0.25, 0.3) is 0 Å². The number of halogens is 2. The highest BCUT2D eigenvalue weighted by atomic mass is 35.5. The van der Waals surface area contributed by atoms with Crippen molar-refractivity contribution in [1.29, 1.82) is 0 Å². The van der Waals surface area contributed by atoms with Gasteiger partial charge in [0.2, 0.25) is 0 Å². The van der Waals surface area contributed by atoms with Gasteiger partial charge in [-0.25, -0.2) is 0 Å². The molecule has 2 saturated heterocycles. The van der Waals surface area contributed by atoms with Crippen LogP contribution >= 0.6 is 24.0 Å². The summed E-state index contributed by atoms with van der Waals surface area (Å²) in [5, 5.41) is 24.6. The maximum atomic E-state index is 10.8. The fourth-order valence-electron chi connectivity index (χ4n) is 3.30. The molecule has 1 aromatic carbocycles. The smallest absolute Gasteiger partial charge is 0.0920 e. The van der Waals surface area contributed by atoms with E-state index in [-0.39, 0.29) is 24.6 Å². The second-order valence-electron chi connectivity index (χ2n) is 5.87. The second kappa shape index (κ2) is 6.82. The first-order valence-corrected chi connectivity index (χ1v) is 7.57. The fourth-order valence-corrected chi connectivity index (χ4v) is 3.42. The van der Waals surface area contributed by atoms with Crippen molar-refractivity contribution in [3.8, 4) is 0 Å². The Hall–Kier alpha value is -0.360. The molecule has 0 bridgehead atoms. The molecule has 3 rings (SSSR count). The first kappa shape index (κ1) is 17.0. The molecule has 1 aromatic rings. The molecular weight excluding hydrogens is 311 g/mol. The van der Waals surface area contributed by atoms with Crippen LogP contribution in [-0.2, 0) is 5.60 Å². The molecule has 6 heteroatoms. The van der Waals surface area contributed by atoms with Crippen LogP contribution in [0.2, 0.25) is 5.02 Å². The quantitative estimate of drug-likeness (QED) is 0.765. The lowest BCUT2D eigenvalue weighted by Gasteiger charge is -2.41. The minimum Gasteiger partial charge on any atom is -0.390 e. The van der Waals surface area contributed by atoms with Gasteiger partial charge in [0.1, 0.15) is 0 Å². The van der Waals surface area contributed by atoms with E-state index >= 15 is 0 Å². The SMILES string of the molecule is Cl.O[C@@H]1CNC[C@H]1N1CCC(O)(c2ccc(Cl)cc2)CC1. The Morgan fingerprint density at radius 2 is 1.76 bits per heavy atom. The van der Waals surface area contributed by atoms with E-state index in [1.807, 2.05) is 24.3 Å². The number of likely N-dealkylation sites (tertiary alicyclic amines) is 1. The predicted molar refractivity (Wildman–Crippen MR) is 86.1 cm³/mol. The van der Waals surface area contributed by atoms with Crippen molar-refractivity contribution < 1.29 is 10.2 Å². The molecule has 2 aliphatic heterocycles. The number of piperidine rings is 1. The van der Waals surface area contributed by atoms with Gasteiger partial charge in [0.05, 0.1) is 11.7 Å². The van der Waals surface area contributed by atoms with Crippen molar-refractivity contribution in [3.05, 3.63) is 34.9 Å². The molecule has 4 nitrogen and oxygen atoms in total. The summed E-state index contributed by atoms with van der Waals surface area (Å²) in [5.41, 5.74) is 0.171. The molecule has 2 atom stereocenters. The third-order valence-corrected chi connectivity index (χ3v) is 4.88. The van der Waals surface area contributed by atoms with E-state index < -0.39 is 5.60 Å². The largest absolute Gasteiger partial charge is 0.390 e. The van der Waals surface area contributed by atoms with Crippen LogP contribution in [0.15, 0.2) is 24.3 Å². The van der Waals surface area contributed by atoms with Gasteiger partial charge in [-0.05, 0) is 30.5 Å². The van der Waals surface area contributed by atoms with E-state index in [4.69, 9.17) is 11.6 Å². The number of aliphatic hydroxyl groups is 2. The van der Waals surface area contributed by atoms with E-state index in [9.17, 15) is 10.2 Å². The molecule has 2 heterocycles. The molecule has 0 aliphatic carbocycles. The van der Waals surface area contributed by atoms with E-state index in [1.165, 1.54) is 0 Å². The maximum Gasteiger partial charge on any atom is 0.0920 e. The normalized spacial score (nSPS) is 29.1. The van der Waals surface area contributed by atoms with E-state index in [0.29, 0.717) is 24.4 Å². The molecule has 3 N–H and O–H groups in total. The third kappa shape index (κ3) is 3.52. The molecular formula is C15H22Cl2N2O2. The van der Waals surface area contributed by atoms with Gasteiger partial charge < -0.3 is 15.5 Å². The summed E-state index contributed by atoms with van der Waals surface area (Å²) in [5.74, 6) is 0. The predicted octanol–water partition coefficient (Wildman–Crippen LogP) is 1.38. The third-order valence-electron chi connectivity index (χ3n) is 4.63. The molecule has 0 radical (unpaired) electrons. The van der Waals surface area contributed by atoms with Crippen molar-refractivity contribution in [2.45, 2.75) is 30.6 Å². The lowest BCUT2D eigenvalue weighted by Crippen LogP contribution is -2.50. The van der Waals surface area contributed by atoms with Crippen LogP contribution in [0.3, 0.4) is 0 Å². The monoisotopic (exact) mass is 332 g/mol. The van der Waals surface area contributed by atoms with Gasteiger partial charge in [0.25, 0.3) is 0 Å². The lowest BCUT2D eigenvalue weighted by molar-refractivity contribution is -0.0450. The number of β-amino-alcohol motifs (C(OH)–C–C–N with tert-alkyl or cyclic N) is 1. The minimum absolute atomic E-state index is 0. The van der Waals surface area contributed by atoms with E-state index in [0.717, 1.165) is 25.2 Å². The van der Waals surface area contributed by atoms with Crippen LogP contribution in [0.4, 0.5) is 0 Å². The van der Waals surface area contributed by atoms with Gasteiger partial charge in [0, 0.05) is 37.2 Å². The average Bonchev–Trinajstić information content (AvgIpc) is 2.87. The highest BCUT2D eigenvalue weighted by Gasteiger charge is 2.38. The summed E-state index contributed by atoms with van der Waals surface area (Å²) in [6, 6.07) is 7.65. The number of aliphatic hydroxyl groups excluding tert-OH is 1. The first-order valence-electron chi connectivity index (χ1n) is 7.20. The minimum atomic E-state index is -0.766. The number of nitrogens with one attached hydrogen (secondary N) is 1. The molecule has 2 fully saturated rings. The van der Waals surface area contributed by atoms with Crippen LogP contribution in [0.1, 0.15) is 18.4 Å². The van der Waals surface area contributed by atoms with E-state index in [2.05, 4.69) is 10.2 Å². The Morgan fingerprint density at radius 3 is 2.29 bits per heavy atom. The van der Waals surface area contributed by atoms with Gasteiger partial charge in [-0.2, -0.15) is 0 Å². The molecule has 0 amide bonds. The van der Waals surface area contributed by atoms with Crippen LogP contribution in [0, 0.1) is 0 Å². The molecule has 2 aliphatic rings. The van der Waals surface area contributed by atoms with Gasteiger partial charge in [0.15, 0.2) is 0 Å². The van der Waals surface area contributed by atoms with Gasteiger partial charge in [-0.3, -0.25) is 4.90 Å². The average molecular weight is 333 g/mol. The van der Waals surface area contributed by atoms with Gasteiger partial charge in [-0.1, -0.05) is 23.7 Å². The number of nitrogens with zero attached hydrogens (tertiary/aromatic N) is 1. The Bertz CT molecular complexity index is 461. The molecule has 0 saturated carbocycles. The Morgan fingerprint density at radius 1 is 1.14 bits per heavy atom. The second-order valence-corrected chi connectivity index (χ2v) is 6.30. The highest BCUT2D eigenvalue weighted by Crippen LogP contribution is 2.34. The zero-order chi connectivity index (χ0) is 14.2. The summed E-state index contributed by atoms with van der Waals surface area (Å²) < 4.78 is 0. The highest BCUT2D eigenvalue weighted by molar-refractivity contribution is 6.30. The van der Waals surface area contributed by atoms with Gasteiger partial charge in [-0.15, -0.1) is 12.4 Å². The standard InChI is InChI=1S/C15H21ClN2O2.ClH/c16-12-3-1-11(2-4-12)15(20)5-7-18(8-6-15)13-9-17-10-14(13)19;/h1-4,13-14,17,19-20H,5-10H2;1H/t13-,14-;/m1./s1. The summed E-state index contributed by atoms with van der Waals surface area (Å²) in [6.45, 7) is 3.12. The van der Waals surface area contributed by atoms with Crippen LogP contribution < -0.4 is 5.32 Å². The van der Waals surface area contributed by atoms with Gasteiger partial charge >= 0.3 is 0 Å². The molecule has 21 heavy (non-hydrogen) atoms. The summed E-state index contributed by atoms with van der Waals surface area (Å²) in [4.78, 5) is 2.29. The summed E-state index contributed by atoms with van der Waals surface area (Å²) in [6.07, 6.45) is 1.09. The van der Waals surface area contributed by atoms with Crippen LogP contribution in [0.5, 0.6) is 0 Å². The zero-order valence-electron chi connectivity index (χ0n) is 11.8. The summed E-state index contributed by atoms with van der Waals surface area (Å²) >= 11 is 5.90. The number of hydrogen-bond acceptors (Lipinski definition) is 4. The molecule has 0 aromatic heterocycles. The van der Waals surface area contributed by atoms with Crippen molar-refractivity contribution in [2.75, 3.05) is 26.2 Å². The molecule has 118 valence electrons. The lowest BCUT2D eigenvalue weighted by atomic mass is 9.84. The maximum absolute atomic E-state index is 10.8. The number of rotatable bonds is 2.